The highest BCUT2D eigenvalue weighted by atomic mass is 16.6. The molecule has 0 rings (SSSR count). The predicted octanol–water partition coefficient (Wildman–Crippen LogP) is 24.3. The largest absolute Gasteiger partial charge is 0.462 e. The molecule has 0 bridgehead atoms. The number of allylic oxidation sites excluding steroid dienone is 10. The molecule has 80 heavy (non-hydrogen) atoms. The van der Waals surface area contributed by atoms with Crippen LogP contribution in [0.1, 0.15) is 374 Å². The van der Waals surface area contributed by atoms with Gasteiger partial charge in [0.1, 0.15) is 13.2 Å². The fourth-order valence-electron chi connectivity index (χ4n) is 10.5. The third-order valence-electron chi connectivity index (χ3n) is 15.8. The summed E-state index contributed by atoms with van der Waals surface area (Å²) < 4.78 is 16.9. The fraction of sp³-hybridized carbons (Fsp3) is 0.824. The number of hydrogen-bond acceptors (Lipinski definition) is 6. The summed E-state index contributed by atoms with van der Waals surface area (Å²) >= 11 is 0. The Morgan fingerprint density at radius 2 is 0.487 bits per heavy atom. The Morgan fingerprint density at radius 3 is 0.750 bits per heavy atom. The summed E-state index contributed by atoms with van der Waals surface area (Å²) in [6.07, 6.45) is 88.5. The van der Waals surface area contributed by atoms with Crippen molar-refractivity contribution in [3.63, 3.8) is 0 Å². The number of ether oxygens (including phenoxy) is 3. The monoisotopic (exact) mass is 1120 g/mol. The molecule has 0 aliphatic heterocycles. The third kappa shape index (κ3) is 65.9. The first-order valence-electron chi connectivity index (χ1n) is 35.3. The zero-order chi connectivity index (χ0) is 57.8. The summed E-state index contributed by atoms with van der Waals surface area (Å²) in [5.41, 5.74) is 0. The van der Waals surface area contributed by atoms with E-state index in [1.165, 1.54) is 250 Å². The van der Waals surface area contributed by atoms with Crippen molar-refractivity contribution in [1.82, 2.24) is 0 Å². The van der Waals surface area contributed by atoms with Gasteiger partial charge in [0.05, 0.1) is 0 Å². The van der Waals surface area contributed by atoms with Gasteiger partial charge in [-0.25, -0.2) is 0 Å². The molecule has 0 aromatic heterocycles. The van der Waals surface area contributed by atoms with E-state index in [0.29, 0.717) is 19.3 Å². The van der Waals surface area contributed by atoms with E-state index in [4.69, 9.17) is 14.2 Å². The molecular formula is C74H134O6. The second-order valence-corrected chi connectivity index (χ2v) is 23.8. The maximum absolute atomic E-state index is 12.9. The van der Waals surface area contributed by atoms with Crippen molar-refractivity contribution in [3.05, 3.63) is 60.8 Å². The second-order valence-electron chi connectivity index (χ2n) is 23.8. The number of carbonyl (C=O) groups is 3. The molecule has 6 heteroatoms. The van der Waals surface area contributed by atoms with Crippen molar-refractivity contribution in [1.29, 1.82) is 0 Å². The van der Waals surface area contributed by atoms with Crippen LogP contribution in [0.5, 0.6) is 0 Å². The Labute approximate surface area is 498 Å². The minimum atomic E-state index is -0.802. The van der Waals surface area contributed by atoms with E-state index < -0.39 is 6.10 Å². The van der Waals surface area contributed by atoms with E-state index in [9.17, 15) is 14.4 Å². The molecule has 0 heterocycles. The highest BCUT2D eigenvalue weighted by Gasteiger charge is 2.19. The standard InChI is InChI=1S/C74H134O6/c1-4-7-10-13-16-19-22-25-27-29-30-31-32-33-34-35-36-37-38-39-40-41-42-43-45-46-49-52-55-58-61-64-67-73(76)79-70-71(69-78-72(75)66-63-60-57-54-51-48-24-21-18-15-12-9-6-3)80-74(77)68-65-62-59-56-53-50-47-44-28-26-23-20-17-14-11-8-5-2/h8,11,17,20,26,28,47,50,56,59,71H,4-7,9-10,12-16,18-19,21-25,27,29-46,48-49,51-55,57-58,60-70H2,1-3H3/b11-8-,20-17-,28-26-,50-47-,59-56-. The minimum Gasteiger partial charge on any atom is -0.462 e. The number of unbranched alkanes of at least 4 members (excludes halogenated alkanes) is 44. The Balaban J connectivity index is 4.16. The van der Waals surface area contributed by atoms with Crippen LogP contribution in [0, 0.1) is 0 Å². The van der Waals surface area contributed by atoms with Gasteiger partial charge in [-0.1, -0.05) is 358 Å². The summed E-state index contributed by atoms with van der Waals surface area (Å²) in [7, 11) is 0. The van der Waals surface area contributed by atoms with E-state index in [1.807, 2.05) is 0 Å². The van der Waals surface area contributed by atoms with Crippen LogP contribution in [0.4, 0.5) is 0 Å². The molecule has 0 aromatic carbocycles. The lowest BCUT2D eigenvalue weighted by Gasteiger charge is -2.18. The minimum absolute atomic E-state index is 0.0923. The van der Waals surface area contributed by atoms with E-state index in [-0.39, 0.29) is 37.5 Å². The highest BCUT2D eigenvalue weighted by Crippen LogP contribution is 2.19. The average Bonchev–Trinajstić information content (AvgIpc) is 3.46. The summed E-state index contributed by atoms with van der Waals surface area (Å²) in [5, 5.41) is 0. The molecule has 0 aliphatic rings. The summed E-state index contributed by atoms with van der Waals surface area (Å²) in [5.74, 6) is -0.930. The maximum Gasteiger partial charge on any atom is 0.306 e. The van der Waals surface area contributed by atoms with Gasteiger partial charge < -0.3 is 14.2 Å². The van der Waals surface area contributed by atoms with Gasteiger partial charge in [-0.3, -0.25) is 14.4 Å². The predicted molar refractivity (Wildman–Crippen MR) is 348 cm³/mol. The van der Waals surface area contributed by atoms with E-state index in [0.717, 1.165) is 77.0 Å². The first kappa shape index (κ1) is 77.1. The molecule has 0 spiro atoms. The van der Waals surface area contributed by atoms with E-state index in [2.05, 4.69) is 81.5 Å². The summed E-state index contributed by atoms with van der Waals surface area (Å²) in [4.78, 5) is 38.3. The maximum atomic E-state index is 12.9. The average molecular weight is 1120 g/mol. The van der Waals surface area contributed by atoms with Gasteiger partial charge in [0.25, 0.3) is 0 Å². The van der Waals surface area contributed by atoms with Gasteiger partial charge >= 0.3 is 17.9 Å². The lowest BCUT2D eigenvalue weighted by atomic mass is 10.0. The molecule has 466 valence electrons. The number of hydrogen-bond donors (Lipinski definition) is 0. The third-order valence-corrected chi connectivity index (χ3v) is 15.8. The van der Waals surface area contributed by atoms with Gasteiger partial charge in [-0.05, 0) is 57.8 Å². The number of rotatable bonds is 65. The zero-order valence-electron chi connectivity index (χ0n) is 53.6. The number of esters is 3. The molecular weight excluding hydrogens is 985 g/mol. The summed E-state index contributed by atoms with van der Waals surface area (Å²) in [6.45, 7) is 6.54. The van der Waals surface area contributed by atoms with Crippen LogP contribution in [-0.2, 0) is 28.6 Å². The van der Waals surface area contributed by atoms with Crippen LogP contribution in [-0.4, -0.2) is 37.2 Å². The van der Waals surface area contributed by atoms with Crippen LogP contribution in [0.15, 0.2) is 60.8 Å². The van der Waals surface area contributed by atoms with Crippen molar-refractivity contribution in [2.45, 2.75) is 380 Å². The number of carbonyl (C=O) groups excluding carboxylic acids is 3. The molecule has 0 N–H and O–H groups in total. The highest BCUT2D eigenvalue weighted by molar-refractivity contribution is 5.71. The SMILES string of the molecule is CC/C=C\C/C=C\C/C=C\C/C=C\C/C=C\CCCC(=O)OC(COC(=O)CCCCCCCCCCCCCCC)COC(=O)CCCCCCCCCCCCCCCCCCCCCCCCCCCCCCCCCC. The summed E-state index contributed by atoms with van der Waals surface area (Å²) in [6, 6.07) is 0. The Morgan fingerprint density at radius 1 is 0.263 bits per heavy atom. The van der Waals surface area contributed by atoms with Gasteiger partial charge in [0.2, 0.25) is 0 Å². The molecule has 0 amide bonds. The second kappa shape index (κ2) is 68.6. The van der Waals surface area contributed by atoms with Crippen molar-refractivity contribution in [2.24, 2.45) is 0 Å². The van der Waals surface area contributed by atoms with Gasteiger partial charge in [0.15, 0.2) is 6.10 Å². The van der Waals surface area contributed by atoms with Crippen molar-refractivity contribution in [2.75, 3.05) is 13.2 Å². The van der Waals surface area contributed by atoms with Crippen molar-refractivity contribution < 1.29 is 28.6 Å². The first-order valence-corrected chi connectivity index (χ1v) is 35.3. The van der Waals surface area contributed by atoms with Crippen LogP contribution in [0.3, 0.4) is 0 Å². The van der Waals surface area contributed by atoms with Gasteiger partial charge in [-0.2, -0.15) is 0 Å². The Hall–Kier alpha value is -2.89. The van der Waals surface area contributed by atoms with E-state index >= 15 is 0 Å². The van der Waals surface area contributed by atoms with Crippen LogP contribution in [0.2, 0.25) is 0 Å². The van der Waals surface area contributed by atoms with Gasteiger partial charge in [0, 0.05) is 19.3 Å². The molecule has 6 nitrogen and oxygen atoms in total. The fourth-order valence-corrected chi connectivity index (χ4v) is 10.5. The van der Waals surface area contributed by atoms with Gasteiger partial charge in [-0.15, -0.1) is 0 Å². The lowest BCUT2D eigenvalue weighted by Crippen LogP contribution is -2.30. The Bertz CT molecular complexity index is 1430. The van der Waals surface area contributed by atoms with Crippen molar-refractivity contribution >= 4 is 17.9 Å². The molecule has 0 radical (unpaired) electrons. The molecule has 0 saturated carbocycles. The molecule has 1 unspecified atom stereocenters. The normalized spacial score (nSPS) is 12.4. The molecule has 0 aliphatic carbocycles. The van der Waals surface area contributed by atoms with Crippen LogP contribution < -0.4 is 0 Å². The molecule has 0 saturated heterocycles. The van der Waals surface area contributed by atoms with Crippen LogP contribution >= 0.6 is 0 Å². The van der Waals surface area contributed by atoms with Crippen LogP contribution in [0.25, 0.3) is 0 Å². The Kier molecular flexibility index (Phi) is 66.1. The molecule has 0 fully saturated rings. The van der Waals surface area contributed by atoms with E-state index in [1.54, 1.807) is 0 Å². The smallest absolute Gasteiger partial charge is 0.306 e. The lowest BCUT2D eigenvalue weighted by molar-refractivity contribution is -0.167. The quantitative estimate of drug-likeness (QED) is 0.0261. The first-order chi connectivity index (χ1) is 39.5. The molecule has 1 atom stereocenters. The topological polar surface area (TPSA) is 78.9 Å². The zero-order valence-corrected chi connectivity index (χ0v) is 53.6. The van der Waals surface area contributed by atoms with Crippen molar-refractivity contribution in [3.8, 4) is 0 Å². The molecule has 0 aromatic rings.